The van der Waals surface area contributed by atoms with Crippen molar-refractivity contribution in [1.29, 1.82) is 0 Å². The lowest BCUT2D eigenvalue weighted by Crippen LogP contribution is -2.46. The number of hydrogen-bond acceptors (Lipinski definition) is 4. The first-order valence-electron chi connectivity index (χ1n) is 11.8. The second-order valence-electron chi connectivity index (χ2n) is 9.58. The summed E-state index contributed by atoms with van der Waals surface area (Å²) in [7, 11) is 0. The topological polar surface area (TPSA) is 67.5 Å². The number of aromatic nitrogens is 1. The standard InChI is InChI=1S/C28H27N3O3/c1-18(32)29-23-8-6-20(7-9-23)25-10-11-27(33)31-15-19-12-22(28(25)31)16-30(14-19)17-24-13-21-4-2-3-5-26(21)34-24/h2-11,13,19,22H,12,14-17H2,1H3,(H,29,32)/t19-,22+/m0/s1. The number of piperidine rings is 1. The molecule has 6 nitrogen and oxygen atoms in total. The fourth-order valence-corrected chi connectivity index (χ4v) is 5.76. The van der Waals surface area contributed by atoms with Gasteiger partial charge in [-0.2, -0.15) is 0 Å². The molecule has 0 aliphatic carbocycles. The molecule has 6 rings (SSSR count). The summed E-state index contributed by atoms with van der Waals surface area (Å²) in [5.41, 5.74) is 5.07. The largest absolute Gasteiger partial charge is 0.460 e. The highest BCUT2D eigenvalue weighted by atomic mass is 16.3. The number of nitrogens with zero attached hydrogens (tertiary/aromatic N) is 2. The number of anilines is 1. The Morgan fingerprint density at radius 1 is 1.03 bits per heavy atom. The van der Waals surface area contributed by atoms with E-state index in [9.17, 15) is 9.59 Å². The van der Waals surface area contributed by atoms with Crippen molar-refractivity contribution in [2.24, 2.45) is 5.92 Å². The number of carbonyl (C=O) groups is 1. The molecule has 2 aromatic heterocycles. The third-order valence-electron chi connectivity index (χ3n) is 7.04. The Hall–Kier alpha value is -3.64. The third kappa shape index (κ3) is 3.84. The van der Waals surface area contributed by atoms with Crippen molar-refractivity contribution in [1.82, 2.24) is 9.47 Å². The second kappa shape index (κ2) is 8.29. The number of pyridine rings is 1. The van der Waals surface area contributed by atoms with Gasteiger partial charge >= 0.3 is 0 Å². The number of benzene rings is 2. The summed E-state index contributed by atoms with van der Waals surface area (Å²) in [5, 5.41) is 3.95. The predicted octanol–water partition coefficient (Wildman–Crippen LogP) is 4.84. The van der Waals surface area contributed by atoms with Crippen molar-refractivity contribution >= 4 is 22.6 Å². The Kier molecular flexibility index (Phi) is 5.11. The molecule has 4 heterocycles. The fraction of sp³-hybridized carbons (Fsp3) is 0.286. The van der Waals surface area contributed by atoms with Gasteiger partial charge in [0.25, 0.3) is 5.56 Å². The molecule has 1 amide bonds. The van der Waals surface area contributed by atoms with Crippen LogP contribution < -0.4 is 10.9 Å². The van der Waals surface area contributed by atoms with E-state index in [0.717, 1.165) is 71.8 Å². The predicted molar refractivity (Wildman–Crippen MR) is 133 cm³/mol. The highest BCUT2D eigenvalue weighted by molar-refractivity contribution is 5.89. The first-order chi connectivity index (χ1) is 16.5. The summed E-state index contributed by atoms with van der Waals surface area (Å²) in [6.07, 6.45) is 1.09. The molecule has 2 aromatic carbocycles. The van der Waals surface area contributed by atoms with Crippen LogP contribution in [0.15, 0.2) is 75.9 Å². The van der Waals surface area contributed by atoms with Crippen LogP contribution in [-0.4, -0.2) is 28.5 Å². The SMILES string of the molecule is CC(=O)Nc1ccc(-c2ccc(=O)n3c2[C@@H]2C[C@@H](CN(Cc4cc5ccccc5o4)C2)C3)cc1. The van der Waals surface area contributed by atoms with Crippen molar-refractivity contribution < 1.29 is 9.21 Å². The lowest BCUT2D eigenvalue weighted by Gasteiger charge is -2.43. The van der Waals surface area contributed by atoms with Gasteiger partial charge in [-0.3, -0.25) is 14.5 Å². The number of hydrogen-bond donors (Lipinski definition) is 1. The number of carbonyl (C=O) groups excluding carboxylic acids is 1. The van der Waals surface area contributed by atoms with Crippen LogP contribution in [0.1, 0.15) is 30.7 Å². The average molecular weight is 454 g/mol. The van der Waals surface area contributed by atoms with Crippen molar-refractivity contribution in [3.05, 3.63) is 88.5 Å². The van der Waals surface area contributed by atoms with E-state index in [1.165, 1.54) is 6.92 Å². The van der Waals surface area contributed by atoms with Crippen LogP contribution in [0, 0.1) is 5.92 Å². The van der Waals surface area contributed by atoms with Gasteiger partial charge in [-0.15, -0.1) is 0 Å². The van der Waals surface area contributed by atoms with E-state index in [4.69, 9.17) is 4.42 Å². The summed E-state index contributed by atoms with van der Waals surface area (Å²) in [5.74, 6) is 1.64. The molecule has 1 fully saturated rings. The van der Waals surface area contributed by atoms with Gasteiger partial charge in [0.2, 0.25) is 5.91 Å². The van der Waals surface area contributed by atoms with E-state index in [2.05, 4.69) is 22.3 Å². The molecular formula is C28H27N3O3. The van der Waals surface area contributed by atoms with Crippen LogP contribution in [0.5, 0.6) is 0 Å². The lowest BCUT2D eigenvalue weighted by molar-refractivity contribution is -0.114. The van der Waals surface area contributed by atoms with Crippen LogP contribution in [0.4, 0.5) is 5.69 Å². The molecule has 6 heteroatoms. The van der Waals surface area contributed by atoms with Gasteiger partial charge in [-0.1, -0.05) is 30.3 Å². The molecule has 2 aliphatic rings. The Morgan fingerprint density at radius 2 is 1.85 bits per heavy atom. The monoisotopic (exact) mass is 453 g/mol. The zero-order chi connectivity index (χ0) is 23.2. The molecule has 34 heavy (non-hydrogen) atoms. The number of likely N-dealkylation sites (tertiary alicyclic amines) is 1. The van der Waals surface area contributed by atoms with Crippen LogP contribution in [0.2, 0.25) is 0 Å². The lowest BCUT2D eigenvalue weighted by atomic mass is 9.80. The second-order valence-corrected chi connectivity index (χ2v) is 9.58. The van der Waals surface area contributed by atoms with Gasteiger partial charge < -0.3 is 14.3 Å². The van der Waals surface area contributed by atoms with Gasteiger partial charge in [0.1, 0.15) is 11.3 Å². The van der Waals surface area contributed by atoms with Crippen LogP contribution in [0.3, 0.4) is 0 Å². The number of rotatable bonds is 4. The Labute approximate surface area is 197 Å². The number of nitrogens with one attached hydrogen (secondary N) is 1. The quantitative estimate of drug-likeness (QED) is 0.480. The van der Waals surface area contributed by atoms with Gasteiger partial charge in [0, 0.05) is 60.9 Å². The van der Waals surface area contributed by atoms with Crippen molar-refractivity contribution in [3.63, 3.8) is 0 Å². The van der Waals surface area contributed by atoms with Gasteiger partial charge in [0.15, 0.2) is 0 Å². The summed E-state index contributed by atoms with van der Waals surface area (Å²) in [4.78, 5) is 26.7. The Morgan fingerprint density at radius 3 is 2.65 bits per heavy atom. The minimum absolute atomic E-state index is 0.0778. The molecule has 4 aromatic rings. The molecule has 2 atom stereocenters. The molecule has 0 radical (unpaired) electrons. The smallest absolute Gasteiger partial charge is 0.250 e. The van der Waals surface area contributed by atoms with Crippen LogP contribution in [-0.2, 0) is 17.9 Å². The van der Waals surface area contributed by atoms with E-state index >= 15 is 0 Å². The minimum Gasteiger partial charge on any atom is -0.460 e. The van der Waals surface area contributed by atoms with E-state index < -0.39 is 0 Å². The van der Waals surface area contributed by atoms with E-state index in [1.807, 2.05) is 53.1 Å². The zero-order valence-electron chi connectivity index (χ0n) is 19.2. The number of furan rings is 1. The molecule has 2 bridgehead atoms. The average Bonchev–Trinajstić information content (AvgIpc) is 3.22. The third-order valence-corrected chi connectivity index (χ3v) is 7.04. The molecular weight excluding hydrogens is 426 g/mol. The molecule has 2 aliphatic heterocycles. The maximum Gasteiger partial charge on any atom is 0.250 e. The minimum atomic E-state index is -0.0887. The molecule has 0 unspecified atom stereocenters. The summed E-state index contributed by atoms with van der Waals surface area (Å²) >= 11 is 0. The van der Waals surface area contributed by atoms with Crippen LogP contribution in [0.25, 0.3) is 22.1 Å². The van der Waals surface area contributed by atoms with E-state index in [1.54, 1.807) is 6.07 Å². The zero-order valence-corrected chi connectivity index (χ0v) is 19.2. The Balaban J connectivity index is 1.31. The highest BCUT2D eigenvalue weighted by Crippen LogP contribution is 2.40. The Bertz CT molecular complexity index is 1400. The first-order valence-corrected chi connectivity index (χ1v) is 11.8. The van der Waals surface area contributed by atoms with E-state index in [0.29, 0.717) is 5.92 Å². The maximum absolute atomic E-state index is 12.8. The van der Waals surface area contributed by atoms with Crippen molar-refractivity contribution in [2.75, 3.05) is 18.4 Å². The highest BCUT2D eigenvalue weighted by Gasteiger charge is 2.36. The summed E-state index contributed by atoms with van der Waals surface area (Å²) in [6.45, 7) is 4.89. The van der Waals surface area contributed by atoms with Crippen molar-refractivity contribution in [2.45, 2.75) is 32.4 Å². The number of fused-ring (bicyclic) bond motifs is 5. The summed E-state index contributed by atoms with van der Waals surface area (Å²) < 4.78 is 8.08. The van der Waals surface area contributed by atoms with E-state index in [-0.39, 0.29) is 17.4 Å². The normalized spacial score (nSPS) is 19.7. The molecule has 0 spiro atoms. The van der Waals surface area contributed by atoms with Gasteiger partial charge in [0.05, 0.1) is 6.54 Å². The van der Waals surface area contributed by atoms with Crippen molar-refractivity contribution in [3.8, 4) is 11.1 Å². The molecule has 172 valence electrons. The molecule has 0 saturated carbocycles. The van der Waals surface area contributed by atoms with Gasteiger partial charge in [-0.25, -0.2) is 0 Å². The first kappa shape index (κ1) is 20.9. The number of amides is 1. The van der Waals surface area contributed by atoms with Crippen LogP contribution >= 0.6 is 0 Å². The molecule has 1 saturated heterocycles. The molecule has 1 N–H and O–H groups in total. The maximum atomic E-state index is 12.8. The number of para-hydroxylation sites is 1. The summed E-state index contributed by atoms with van der Waals surface area (Å²) in [6, 6.07) is 21.8. The van der Waals surface area contributed by atoms with Gasteiger partial charge in [-0.05, 0) is 48.2 Å². The fourth-order valence-electron chi connectivity index (χ4n) is 5.76.